The molecule has 114 valence electrons. The minimum atomic E-state index is -4.30. The molecular formula is C15H22F3NO. The number of ether oxygens (including phenoxy) is 1. The number of alkyl halides is 3. The smallest absolute Gasteiger partial charge is 0.416 e. The van der Waals surface area contributed by atoms with Crippen molar-refractivity contribution in [3.05, 3.63) is 29.8 Å². The molecule has 0 heterocycles. The van der Waals surface area contributed by atoms with Crippen molar-refractivity contribution in [2.24, 2.45) is 0 Å². The van der Waals surface area contributed by atoms with Gasteiger partial charge in [0.2, 0.25) is 0 Å². The fourth-order valence-electron chi connectivity index (χ4n) is 1.83. The first kappa shape index (κ1) is 16.8. The van der Waals surface area contributed by atoms with E-state index in [9.17, 15) is 13.2 Å². The Hall–Kier alpha value is -1.23. The third-order valence-corrected chi connectivity index (χ3v) is 2.91. The van der Waals surface area contributed by atoms with E-state index in [2.05, 4.69) is 12.2 Å². The predicted molar refractivity (Wildman–Crippen MR) is 73.9 cm³/mol. The molecule has 2 nitrogen and oxygen atoms in total. The Kier molecular flexibility index (Phi) is 6.85. The van der Waals surface area contributed by atoms with Crippen molar-refractivity contribution in [2.45, 2.75) is 45.4 Å². The van der Waals surface area contributed by atoms with Crippen LogP contribution in [-0.4, -0.2) is 19.2 Å². The van der Waals surface area contributed by atoms with Crippen LogP contribution in [0.1, 0.15) is 38.7 Å². The maximum atomic E-state index is 12.4. The second kappa shape index (κ2) is 8.15. The fourth-order valence-corrected chi connectivity index (χ4v) is 1.83. The van der Waals surface area contributed by atoms with Crippen LogP contribution in [0.3, 0.4) is 0 Å². The molecule has 0 amide bonds. The molecule has 1 unspecified atom stereocenters. The lowest BCUT2D eigenvalue weighted by molar-refractivity contribution is -0.137. The number of nitrogens with one attached hydrogen (secondary N) is 1. The Morgan fingerprint density at radius 3 is 2.35 bits per heavy atom. The van der Waals surface area contributed by atoms with Gasteiger partial charge in [-0.1, -0.05) is 6.92 Å². The van der Waals surface area contributed by atoms with E-state index >= 15 is 0 Å². The first-order chi connectivity index (χ1) is 9.43. The van der Waals surface area contributed by atoms with E-state index in [1.54, 1.807) is 0 Å². The molecule has 1 N–H and O–H groups in total. The van der Waals surface area contributed by atoms with Gasteiger partial charge in [0.15, 0.2) is 0 Å². The van der Waals surface area contributed by atoms with Crippen LogP contribution in [0, 0.1) is 0 Å². The van der Waals surface area contributed by atoms with Gasteiger partial charge in [-0.25, -0.2) is 0 Å². The highest BCUT2D eigenvalue weighted by Crippen LogP contribution is 2.30. The lowest BCUT2D eigenvalue weighted by Gasteiger charge is -2.15. The molecule has 0 fully saturated rings. The van der Waals surface area contributed by atoms with Crippen molar-refractivity contribution < 1.29 is 17.9 Å². The van der Waals surface area contributed by atoms with Crippen molar-refractivity contribution in [3.63, 3.8) is 0 Å². The van der Waals surface area contributed by atoms with Gasteiger partial charge >= 0.3 is 6.18 Å². The average Bonchev–Trinajstić information content (AvgIpc) is 2.38. The summed E-state index contributed by atoms with van der Waals surface area (Å²) in [6, 6.07) is 4.83. The fraction of sp³-hybridized carbons (Fsp3) is 0.600. The van der Waals surface area contributed by atoms with E-state index in [1.165, 1.54) is 12.1 Å². The van der Waals surface area contributed by atoms with Crippen LogP contribution in [0.2, 0.25) is 0 Å². The zero-order valence-corrected chi connectivity index (χ0v) is 12.0. The van der Waals surface area contributed by atoms with Gasteiger partial charge in [0.25, 0.3) is 0 Å². The van der Waals surface area contributed by atoms with Gasteiger partial charge in [0, 0.05) is 0 Å². The molecule has 0 saturated carbocycles. The molecule has 0 aromatic heterocycles. The number of benzene rings is 1. The summed E-state index contributed by atoms with van der Waals surface area (Å²) in [7, 11) is 0. The van der Waals surface area contributed by atoms with Crippen molar-refractivity contribution >= 4 is 0 Å². The van der Waals surface area contributed by atoms with Crippen LogP contribution < -0.4 is 10.1 Å². The van der Waals surface area contributed by atoms with Gasteiger partial charge in [-0.3, -0.25) is 0 Å². The van der Waals surface area contributed by atoms with E-state index in [1.807, 2.05) is 6.92 Å². The molecule has 0 aliphatic carbocycles. The minimum Gasteiger partial charge on any atom is -0.491 e. The molecule has 20 heavy (non-hydrogen) atoms. The van der Waals surface area contributed by atoms with Crippen LogP contribution in [0.25, 0.3) is 0 Å². The number of hydrogen-bond donors (Lipinski definition) is 1. The molecule has 1 aromatic rings. The predicted octanol–water partition coefficient (Wildman–Crippen LogP) is 4.25. The van der Waals surface area contributed by atoms with Crippen molar-refractivity contribution in [1.82, 2.24) is 5.32 Å². The van der Waals surface area contributed by atoms with E-state index in [4.69, 9.17) is 4.74 Å². The largest absolute Gasteiger partial charge is 0.491 e. The molecule has 1 rings (SSSR count). The summed E-state index contributed by atoms with van der Waals surface area (Å²) in [5.41, 5.74) is -0.652. The molecule has 0 aliphatic heterocycles. The van der Waals surface area contributed by atoms with E-state index in [0.29, 0.717) is 5.75 Å². The highest BCUT2D eigenvalue weighted by molar-refractivity contribution is 5.28. The number of rotatable bonds is 8. The lowest BCUT2D eigenvalue weighted by atomic mass is 10.2. The third kappa shape index (κ3) is 6.28. The average molecular weight is 289 g/mol. The summed E-state index contributed by atoms with van der Waals surface area (Å²) in [5, 5.41) is 3.30. The van der Waals surface area contributed by atoms with Gasteiger partial charge in [-0.2, -0.15) is 13.2 Å². The monoisotopic (exact) mass is 289 g/mol. The van der Waals surface area contributed by atoms with E-state index in [0.717, 1.165) is 44.5 Å². The van der Waals surface area contributed by atoms with Gasteiger partial charge in [-0.05, 0) is 63.5 Å². The summed E-state index contributed by atoms with van der Waals surface area (Å²) < 4.78 is 42.8. The highest BCUT2D eigenvalue weighted by atomic mass is 19.4. The molecule has 0 radical (unpaired) electrons. The summed E-state index contributed by atoms with van der Waals surface area (Å²) in [4.78, 5) is 0. The minimum absolute atomic E-state index is 0.00448. The molecule has 0 bridgehead atoms. The summed E-state index contributed by atoms with van der Waals surface area (Å²) >= 11 is 0. The first-order valence-corrected chi connectivity index (χ1v) is 6.98. The normalized spacial score (nSPS) is 13.2. The van der Waals surface area contributed by atoms with E-state index in [-0.39, 0.29) is 6.10 Å². The van der Waals surface area contributed by atoms with Gasteiger partial charge in [0.05, 0.1) is 11.7 Å². The molecular weight excluding hydrogens is 267 g/mol. The standard InChI is InChI=1S/C15H22F3NO/c1-3-10-19-11-4-5-12(2)20-14-8-6-13(7-9-14)15(16,17)18/h6-9,12,19H,3-5,10-11H2,1-2H3. The first-order valence-electron chi connectivity index (χ1n) is 6.98. The van der Waals surface area contributed by atoms with Crippen LogP contribution >= 0.6 is 0 Å². The Balaban J connectivity index is 2.33. The van der Waals surface area contributed by atoms with Crippen LogP contribution in [0.5, 0.6) is 5.75 Å². The molecule has 0 saturated heterocycles. The molecule has 1 aromatic carbocycles. The maximum absolute atomic E-state index is 12.4. The quantitative estimate of drug-likeness (QED) is 0.722. The summed E-state index contributed by atoms with van der Waals surface area (Å²) in [6.07, 6.45) is -1.33. The van der Waals surface area contributed by atoms with Gasteiger partial charge in [-0.15, -0.1) is 0 Å². The van der Waals surface area contributed by atoms with Crippen molar-refractivity contribution in [3.8, 4) is 5.75 Å². The van der Waals surface area contributed by atoms with Crippen molar-refractivity contribution in [2.75, 3.05) is 13.1 Å². The molecule has 0 spiro atoms. The molecule has 1 atom stereocenters. The number of halogens is 3. The Labute approximate surface area is 118 Å². The second-order valence-corrected chi connectivity index (χ2v) is 4.84. The van der Waals surface area contributed by atoms with E-state index < -0.39 is 11.7 Å². The SMILES string of the molecule is CCCNCCCC(C)Oc1ccc(C(F)(F)F)cc1. The Bertz CT molecular complexity index is 376. The number of hydrogen-bond acceptors (Lipinski definition) is 2. The van der Waals surface area contributed by atoms with Gasteiger partial charge < -0.3 is 10.1 Å². The summed E-state index contributed by atoms with van der Waals surface area (Å²) in [6.45, 7) is 5.99. The zero-order chi connectivity index (χ0) is 15.0. The van der Waals surface area contributed by atoms with Crippen LogP contribution in [0.15, 0.2) is 24.3 Å². The molecule has 0 aliphatic rings. The third-order valence-electron chi connectivity index (χ3n) is 2.91. The second-order valence-electron chi connectivity index (χ2n) is 4.84. The van der Waals surface area contributed by atoms with Crippen LogP contribution in [0.4, 0.5) is 13.2 Å². The zero-order valence-electron chi connectivity index (χ0n) is 12.0. The molecule has 5 heteroatoms. The Morgan fingerprint density at radius 1 is 1.15 bits per heavy atom. The maximum Gasteiger partial charge on any atom is 0.416 e. The lowest BCUT2D eigenvalue weighted by Crippen LogP contribution is -2.19. The Morgan fingerprint density at radius 2 is 1.80 bits per heavy atom. The van der Waals surface area contributed by atoms with Crippen molar-refractivity contribution in [1.29, 1.82) is 0 Å². The highest BCUT2D eigenvalue weighted by Gasteiger charge is 2.30. The summed E-state index contributed by atoms with van der Waals surface area (Å²) in [5.74, 6) is 0.479. The topological polar surface area (TPSA) is 21.3 Å². The van der Waals surface area contributed by atoms with Crippen LogP contribution in [-0.2, 0) is 6.18 Å². The van der Waals surface area contributed by atoms with Gasteiger partial charge in [0.1, 0.15) is 5.75 Å².